The summed E-state index contributed by atoms with van der Waals surface area (Å²) in [6.07, 6.45) is 10.6. The Kier molecular flexibility index (Phi) is 12.6. The molecule has 2 aliphatic heterocycles. The monoisotopic (exact) mass is 728 g/mol. The number of urea groups is 1. The van der Waals surface area contributed by atoms with E-state index in [1.807, 2.05) is 27.7 Å². The number of carbonyl (C=O) groups excluding carboxylic acids is 6. The van der Waals surface area contributed by atoms with Crippen LogP contribution in [-0.2, 0) is 28.7 Å². The van der Waals surface area contributed by atoms with Crippen LogP contribution in [0, 0.1) is 22.2 Å². The summed E-state index contributed by atoms with van der Waals surface area (Å²) in [4.78, 5) is 86.2. The molecule has 6 amide bonds. The zero-order chi connectivity index (χ0) is 37.8. The fraction of sp³-hybridized carbons (Fsp3) is 0.846. The van der Waals surface area contributed by atoms with Crippen LogP contribution in [0.2, 0.25) is 0 Å². The molecule has 5 atom stereocenters. The molecule has 0 radical (unpaired) electrons. The molecule has 292 valence electrons. The summed E-state index contributed by atoms with van der Waals surface area (Å²) in [5.74, 6) is -2.30. The third-order valence-corrected chi connectivity index (χ3v) is 12.6. The van der Waals surface area contributed by atoms with Gasteiger partial charge in [0.1, 0.15) is 18.1 Å². The highest BCUT2D eigenvalue weighted by molar-refractivity contribution is 6.38. The number of ether oxygens (including phenoxy) is 1. The van der Waals surface area contributed by atoms with E-state index in [-0.39, 0.29) is 34.6 Å². The lowest BCUT2D eigenvalue weighted by molar-refractivity contribution is -0.144. The second-order valence-corrected chi connectivity index (χ2v) is 17.9. The van der Waals surface area contributed by atoms with Gasteiger partial charge >= 0.3 is 6.03 Å². The highest BCUT2D eigenvalue weighted by Crippen LogP contribution is 2.59. The molecule has 2 saturated heterocycles. The zero-order valence-electron chi connectivity index (χ0n) is 32.4. The Bertz CT molecular complexity index is 1350. The molecule has 2 heterocycles. The van der Waals surface area contributed by atoms with Crippen LogP contribution >= 0.6 is 0 Å². The lowest BCUT2D eigenvalue weighted by atomic mass is 9.66. The molecule has 5 rings (SSSR count). The average molecular weight is 729 g/mol. The Morgan fingerprint density at radius 3 is 2.10 bits per heavy atom. The molecule has 3 aliphatic carbocycles. The van der Waals surface area contributed by atoms with Crippen molar-refractivity contribution in [3.63, 3.8) is 0 Å². The minimum Gasteiger partial charge on any atom is -0.378 e. The van der Waals surface area contributed by atoms with E-state index in [1.54, 1.807) is 9.80 Å². The van der Waals surface area contributed by atoms with Gasteiger partial charge < -0.3 is 35.8 Å². The predicted molar refractivity (Wildman–Crippen MR) is 196 cm³/mol. The molecule has 5 aliphatic rings. The van der Waals surface area contributed by atoms with Crippen LogP contribution < -0.4 is 21.3 Å². The van der Waals surface area contributed by atoms with E-state index < -0.39 is 53.2 Å². The van der Waals surface area contributed by atoms with Gasteiger partial charge in [-0.1, -0.05) is 73.6 Å². The fourth-order valence-electron chi connectivity index (χ4n) is 9.02. The fourth-order valence-corrected chi connectivity index (χ4v) is 9.02. The van der Waals surface area contributed by atoms with Gasteiger partial charge in [-0.3, -0.25) is 24.0 Å². The van der Waals surface area contributed by atoms with Crippen molar-refractivity contribution in [2.75, 3.05) is 32.8 Å². The molecule has 0 aromatic rings. The normalized spacial score (nSPS) is 26.7. The summed E-state index contributed by atoms with van der Waals surface area (Å²) >= 11 is 0. The minimum absolute atomic E-state index is 0.000110. The molecule has 0 aromatic carbocycles. The summed E-state index contributed by atoms with van der Waals surface area (Å²) in [6.45, 7) is 14.1. The topological polar surface area (TPSA) is 166 Å². The smallest absolute Gasteiger partial charge is 0.316 e. The number of carbonyl (C=O) groups is 6. The number of hydrogen-bond acceptors (Lipinski definition) is 7. The van der Waals surface area contributed by atoms with Crippen molar-refractivity contribution < 1.29 is 33.5 Å². The molecule has 52 heavy (non-hydrogen) atoms. The Morgan fingerprint density at radius 1 is 0.846 bits per heavy atom. The van der Waals surface area contributed by atoms with E-state index in [1.165, 1.54) is 0 Å². The van der Waals surface area contributed by atoms with Crippen molar-refractivity contribution in [2.24, 2.45) is 22.2 Å². The van der Waals surface area contributed by atoms with Crippen LogP contribution in [-0.4, -0.2) is 108 Å². The number of hydrogen-bond donors (Lipinski definition) is 4. The number of Topliss-reactive ketones (excluding diaryl/α,β-unsaturated/α-hetero) is 1. The van der Waals surface area contributed by atoms with Crippen LogP contribution in [0.5, 0.6) is 0 Å². The van der Waals surface area contributed by atoms with Gasteiger partial charge in [0.2, 0.25) is 23.5 Å². The van der Waals surface area contributed by atoms with Gasteiger partial charge in [-0.25, -0.2) is 4.79 Å². The lowest BCUT2D eigenvalue weighted by Crippen LogP contribution is -2.62. The number of nitrogens with one attached hydrogen (secondary N) is 4. The third kappa shape index (κ3) is 9.10. The number of amides is 6. The van der Waals surface area contributed by atoms with Crippen LogP contribution in [0.15, 0.2) is 0 Å². The first-order valence-electron chi connectivity index (χ1n) is 20.0. The Labute approximate surface area is 309 Å². The molecule has 13 heteroatoms. The summed E-state index contributed by atoms with van der Waals surface area (Å²) in [5, 5.41) is 11.6. The zero-order valence-corrected chi connectivity index (χ0v) is 32.4. The first-order chi connectivity index (χ1) is 24.6. The molecule has 13 nitrogen and oxygen atoms in total. The van der Waals surface area contributed by atoms with Gasteiger partial charge in [0.25, 0.3) is 5.91 Å². The van der Waals surface area contributed by atoms with Crippen molar-refractivity contribution in [1.82, 2.24) is 31.1 Å². The van der Waals surface area contributed by atoms with Crippen molar-refractivity contribution in [3.8, 4) is 0 Å². The largest absolute Gasteiger partial charge is 0.378 e. The first-order valence-corrected chi connectivity index (χ1v) is 20.0. The number of likely N-dealkylation sites (tertiary alicyclic amines) is 1. The Morgan fingerprint density at radius 2 is 1.52 bits per heavy atom. The molecule has 5 unspecified atom stereocenters. The van der Waals surface area contributed by atoms with Gasteiger partial charge in [0.05, 0.1) is 19.3 Å². The molecular weight excluding hydrogens is 664 g/mol. The maximum Gasteiger partial charge on any atom is 0.316 e. The van der Waals surface area contributed by atoms with Gasteiger partial charge in [-0.15, -0.1) is 0 Å². The maximum atomic E-state index is 14.8. The standard InChI is InChI=1S/C39H64N6O7/c1-7-12-27(30(46)33(48)40-26-15-16-26)41-32(47)28-23-39(18-11-17-38(39,5)6)24-45(28)35(50)31(37(2,3)4)43-36(51)42-29(25-13-9-8-10-14-25)34(49)44-19-21-52-22-20-44/h25-29,31H,7-24H2,1-6H3,(H,40,48)(H,41,47)(H2,42,43,51). The van der Waals surface area contributed by atoms with E-state index in [4.69, 9.17) is 4.74 Å². The van der Waals surface area contributed by atoms with Gasteiger partial charge in [-0.05, 0) is 73.5 Å². The summed E-state index contributed by atoms with van der Waals surface area (Å²) in [7, 11) is 0. The molecular formula is C39H64N6O7. The highest BCUT2D eigenvalue weighted by atomic mass is 16.5. The molecule has 3 saturated carbocycles. The van der Waals surface area contributed by atoms with E-state index in [2.05, 4.69) is 35.1 Å². The SMILES string of the molecule is CCCC(NC(=O)C1CC2(CCCC2(C)C)CN1C(=O)C(NC(=O)NC(C(=O)N1CCOCC1)C1CCCCC1)C(C)(C)C)C(=O)C(=O)NC1CC1. The lowest BCUT2D eigenvalue weighted by Gasteiger charge is -2.39. The Balaban J connectivity index is 1.37. The van der Waals surface area contributed by atoms with Crippen LogP contribution in [0.25, 0.3) is 0 Å². The van der Waals surface area contributed by atoms with Crippen LogP contribution in [0.3, 0.4) is 0 Å². The van der Waals surface area contributed by atoms with E-state index >= 15 is 0 Å². The van der Waals surface area contributed by atoms with Gasteiger partial charge in [-0.2, -0.15) is 0 Å². The van der Waals surface area contributed by atoms with E-state index in [9.17, 15) is 28.8 Å². The highest BCUT2D eigenvalue weighted by Gasteiger charge is 2.59. The summed E-state index contributed by atoms with van der Waals surface area (Å²) < 4.78 is 5.47. The number of ketones is 1. The average Bonchev–Trinajstić information content (AvgIpc) is 3.76. The van der Waals surface area contributed by atoms with Crippen molar-refractivity contribution >= 4 is 35.4 Å². The summed E-state index contributed by atoms with van der Waals surface area (Å²) in [6, 6.07) is -4.17. The van der Waals surface area contributed by atoms with Gasteiger partial charge in [0, 0.05) is 25.7 Å². The summed E-state index contributed by atoms with van der Waals surface area (Å²) in [5.41, 5.74) is -1.20. The quantitative estimate of drug-likeness (QED) is 0.224. The number of rotatable bonds is 12. The second kappa shape index (κ2) is 16.4. The van der Waals surface area contributed by atoms with Gasteiger partial charge in [0.15, 0.2) is 0 Å². The number of morpholine rings is 1. The number of nitrogens with zero attached hydrogens (tertiary/aromatic N) is 2. The minimum atomic E-state index is -1.01. The van der Waals surface area contributed by atoms with Crippen LogP contribution in [0.1, 0.15) is 125 Å². The molecule has 0 aromatic heterocycles. The molecule has 0 bridgehead atoms. The van der Waals surface area contributed by atoms with E-state index in [0.717, 1.165) is 64.2 Å². The maximum absolute atomic E-state index is 14.8. The van der Waals surface area contributed by atoms with Crippen molar-refractivity contribution in [2.45, 2.75) is 155 Å². The van der Waals surface area contributed by atoms with Crippen molar-refractivity contribution in [3.05, 3.63) is 0 Å². The first kappa shape index (κ1) is 40.0. The molecule has 1 spiro atoms. The Hall–Kier alpha value is -3.22. The predicted octanol–water partition coefficient (Wildman–Crippen LogP) is 3.44. The van der Waals surface area contributed by atoms with E-state index in [0.29, 0.717) is 52.1 Å². The third-order valence-electron chi connectivity index (χ3n) is 12.6. The molecule has 4 N–H and O–H groups in total. The second-order valence-electron chi connectivity index (χ2n) is 17.9. The molecule has 5 fully saturated rings. The van der Waals surface area contributed by atoms with Crippen molar-refractivity contribution in [1.29, 1.82) is 0 Å². The van der Waals surface area contributed by atoms with Crippen LogP contribution in [0.4, 0.5) is 4.79 Å².